The van der Waals surface area contributed by atoms with E-state index in [0.717, 1.165) is 0 Å². The molecule has 0 unspecified atom stereocenters. The number of nitrogens with zero attached hydrogens (tertiary/aromatic N) is 1. The monoisotopic (exact) mass is 244 g/mol. The maximum atomic E-state index is 11.2. The molecule has 1 aromatic rings. The molecule has 0 aromatic heterocycles. The number of rotatable bonds is 4. The number of ketones is 1. The predicted molar refractivity (Wildman–Crippen MR) is 65.8 cm³/mol. The largest absolute Gasteiger partial charge is 0.465 e. The summed E-state index contributed by atoms with van der Waals surface area (Å²) >= 11 is 0. The fourth-order valence-electron chi connectivity index (χ4n) is 1.23. The van der Waals surface area contributed by atoms with E-state index in [-0.39, 0.29) is 11.4 Å². The molecule has 0 atom stereocenters. The average molecular weight is 244 g/mol. The van der Waals surface area contributed by atoms with Crippen molar-refractivity contribution in [2.75, 3.05) is 12.4 Å². The van der Waals surface area contributed by atoms with E-state index in [1.807, 2.05) is 0 Å². The number of benzene rings is 1. The minimum Gasteiger partial charge on any atom is -0.465 e. The molecule has 5 heteroatoms. The van der Waals surface area contributed by atoms with Crippen molar-refractivity contribution in [3.63, 3.8) is 0 Å². The quantitative estimate of drug-likeness (QED) is 0.378. The molecule has 0 saturated heterocycles. The second-order valence-electron chi connectivity index (χ2n) is 3.44. The molecule has 0 aliphatic carbocycles. The van der Waals surface area contributed by atoms with Crippen LogP contribution in [0.25, 0.3) is 0 Å². The lowest BCUT2D eigenvalue weighted by molar-refractivity contribution is -0.135. The highest BCUT2D eigenvalue weighted by atomic mass is 16.5. The van der Waals surface area contributed by atoms with Crippen molar-refractivity contribution in [1.29, 1.82) is 5.26 Å². The van der Waals surface area contributed by atoms with Gasteiger partial charge in [-0.25, -0.2) is 4.79 Å². The van der Waals surface area contributed by atoms with E-state index in [1.54, 1.807) is 30.3 Å². The van der Waals surface area contributed by atoms with Crippen LogP contribution in [-0.2, 0) is 9.53 Å². The highest BCUT2D eigenvalue weighted by Gasteiger charge is 2.07. The summed E-state index contributed by atoms with van der Waals surface area (Å²) in [6.07, 6.45) is 1.24. The number of Topliss-reactive ketones (excluding diaryl/α,β-unsaturated/α-hetero) is 1. The molecule has 1 aromatic carbocycles. The Morgan fingerprint density at radius 2 is 2.17 bits per heavy atom. The number of nitrogens with one attached hydrogen (secondary N) is 1. The molecule has 0 amide bonds. The SMILES string of the molecule is COC(=O)/C(C#N)=C/Nc1cccc(C(C)=O)c1. The van der Waals surface area contributed by atoms with Crippen LogP contribution in [0.2, 0.25) is 0 Å². The van der Waals surface area contributed by atoms with Crippen molar-refractivity contribution in [3.8, 4) is 6.07 Å². The van der Waals surface area contributed by atoms with Gasteiger partial charge in [-0.1, -0.05) is 12.1 Å². The van der Waals surface area contributed by atoms with Gasteiger partial charge >= 0.3 is 5.97 Å². The fraction of sp³-hybridized carbons (Fsp3) is 0.154. The van der Waals surface area contributed by atoms with Crippen LogP contribution in [0, 0.1) is 11.3 Å². The number of carbonyl (C=O) groups is 2. The van der Waals surface area contributed by atoms with Gasteiger partial charge in [-0.05, 0) is 19.1 Å². The lowest BCUT2D eigenvalue weighted by Crippen LogP contribution is -2.05. The maximum Gasteiger partial charge on any atom is 0.350 e. The van der Waals surface area contributed by atoms with Crippen LogP contribution < -0.4 is 5.32 Å². The van der Waals surface area contributed by atoms with E-state index >= 15 is 0 Å². The zero-order chi connectivity index (χ0) is 13.5. The Morgan fingerprint density at radius 1 is 1.44 bits per heavy atom. The summed E-state index contributed by atoms with van der Waals surface area (Å²) in [5.74, 6) is -0.774. The molecular formula is C13H12N2O3. The lowest BCUT2D eigenvalue weighted by Gasteiger charge is -2.03. The van der Waals surface area contributed by atoms with E-state index in [4.69, 9.17) is 5.26 Å². The van der Waals surface area contributed by atoms with E-state index in [9.17, 15) is 9.59 Å². The highest BCUT2D eigenvalue weighted by molar-refractivity contribution is 5.95. The molecule has 0 spiro atoms. The first-order valence-corrected chi connectivity index (χ1v) is 5.14. The predicted octanol–water partition coefficient (Wildman–Crippen LogP) is 1.88. The summed E-state index contributed by atoms with van der Waals surface area (Å²) in [4.78, 5) is 22.3. The molecule has 0 aliphatic heterocycles. The molecule has 92 valence electrons. The molecule has 5 nitrogen and oxygen atoms in total. The van der Waals surface area contributed by atoms with Gasteiger partial charge < -0.3 is 10.1 Å². The Bertz CT molecular complexity index is 541. The third kappa shape index (κ3) is 3.46. The summed E-state index contributed by atoms with van der Waals surface area (Å²) < 4.78 is 4.43. The fourth-order valence-corrected chi connectivity index (χ4v) is 1.23. The number of ether oxygens (including phenoxy) is 1. The van der Waals surface area contributed by atoms with Gasteiger partial charge in [-0.3, -0.25) is 4.79 Å². The molecular weight excluding hydrogens is 232 g/mol. The number of methoxy groups -OCH3 is 1. The zero-order valence-electron chi connectivity index (χ0n) is 10.1. The lowest BCUT2D eigenvalue weighted by atomic mass is 10.1. The Labute approximate surface area is 105 Å². The van der Waals surface area contributed by atoms with Gasteiger partial charge in [0.1, 0.15) is 6.07 Å². The van der Waals surface area contributed by atoms with Crippen molar-refractivity contribution in [3.05, 3.63) is 41.6 Å². The minimum atomic E-state index is -0.715. The van der Waals surface area contributed by atoms with Crippen LogP contribution in [0.1, 0.15) is 17.3 Å². The second-order valence-corrected chi connectivity index (χ2v) is 3.44. The molecule has 1 rings (SSSR count). The summed E-state index contributed by atoms with van der Waals surface area (Å²) in [7, 11) is 1.20. The third-order valence-electron chi connectivity index (χ3n) is 2.18. The first-order chi connectivity index (χ1) is 8.58. The minimum absolute atomic E-state index is 0.0592. The first-order valence-electron chi connectivity index (χ1n) is 5.14. The second kappa shape index (κ2) is 6.21. The molecule has 1 N–H and O–H groups in total. The van der Waals surface area contributed by atoms with Gasteiger partial charge in [0.15, 0.2) is 11.4 Å². The number of carbonyl (C=O) groups excluding carboxylic acids is 2. The van der Waals surface area contributed by atoms with Gasteiger partial charge in [0.25, 0.3) is 0 Å². The van der Waals surface area contributed by atoms with E-state index in [0.29, 0.717) is 11.3 Å². The van der Waals surface area contributed by atoms with Gasteiger partial charge in [0, 0.05) is 17.5 Å². The van der Waals surface area contributed by atoms with Crippen LogP contribution in [-0.4, -0.2) is 18.9 Å². The maximum absolute atomic E-state index is 11.2. The molecule has 0 bridgehead atoms. The number of hydrogen-bond acceptors (Lipinski definition) is 5. The molecule has 0 saturated carbocycles. The van der Waals surface area contributed by atoms with E-state index in [2.05, 4.69) is 10.1 Å². The third-order valence-corrected chi connectivity index (χ3v) is 2.18. The van der Waals surface area contributed by atoms with E-state index < -0.39 is 5.97 Å². The van der Waals surface area contributed by atoms with Crippen molar-refractivity contribution >= 4 is 17.4 Å². The van der Waals surface area contributed by atoms with Crippen molar-refractivity contribution in [2.45, 2.75) is 6.92 Å². The van der Waals surface area contributed by atoms with Crippen LogP contribution in [0.4, 0.5) is 5.69 Å². The van der Waals surface area contributed by atoms with E-state index in [1.165, 1.54) is 20.2 Å². The van der Waals surface area contributed by atoms with Crippen LogP contribution in [0.3, 0.4) is 0 Å². The molecule has 0 heterocycles. The Hall–Kier alpha value is -2.61. The van der Waals surface area contributed by atoms with Gasteiger partial charge in [0.2, 0.25) is 0 Å². The molecule has 0 aliphatic rings. The van der Waals surface area contributed by atoms with Gasteiger partial charge in [0.05, 0.1) is 7.11 Å². The topological polar surface area (TPSA) is 79.2 Å². The van der Waals surface area contributed by atoms with Crippen LogP contribution in [0.15, 0.2) is 36.0 Å². The number of hydrogen-bond donors (Lipinski definition) is 1. The summed E-state index contributed by atoms with van der Waals surface area (Å²) in [5.41, 5.74) is 1.01. The normalized spacial score (nSPS) is 10.4. The average Bonchev–Trinajstić information content (AvgIpc) is 2.39. The highest BCUT2D eigenvalue weighted by Crippen LogP contribution is 2.11. The Kier molecular flexibility index (Phi) is 4.64. The molecule has 0 fully saturated rings. The smallest absolute Gasteiger partial charge is 0.350 e. The van der Waals surface area contributed by atoms with Gasteiger partial charge in [-0.2, -0.15) is 5.26 Å². The summed E-state index contributed by atoms with van der Waals surface area (Å²) in [6, 6.07) is 8.45. The summed E-state index contributed by atoms with van der Waals surface area (Å²) in [5, 5.41) is 11.5. The summed E-state index contributed by atoms with van der Waals surface area (Å²) in [6.45, 7) is 1.46. The van der Waals surface area contributed by atoms with Gasteiger partial charge in [-0.15, -0.1) is 0 Å². The molecule has 0 radical (unpaired) electrons. The molecule has 18 heavy (non-hydrogen) atoms. The first kappa shape index (κ1) is 13.5. The van der Waals surface area contributed by atoms with Crippen LogP contribution >= 0.6 is 0 Å². The van der Waals surface area contributed by atoms with Crippen LogP contribution in [0.5, 0.6) is 0 Å². The Balaban J connectivity index is 2.89. The van der Waals surface area contributed by atoms with Crippen molar-refractivity contribution in [2.24, 2.45) is 0 Å². The zero-order valence-corrected chi connectivity index (χ0v) is 10.1. The Morgan fingerprint density at radius 3 is 2.72 bits per heavy atom. The van der Waals surface area contributed by atoms with Crippen molar-refractivity contribution in [1.82, 2.24) is 0 Å². The number of esters is 1. The number of nitriles is 1. The van der Waals surface area contributed by atoms with Crippen molar-refractivity contribution < 1.29 is 14.3 Å². The number of anilines is 1. The standard InChI is InChI=1S/C13H12N2O3/c1-9(16)10-4-3-5-12(6-10)15-8-11(7-14)13(17)18-2/h3-6,8,15H,1-2H3/b11-8+.